The molecule has 5 nitrogen and oxygen atoms in total. The van der Waals surface area contributed by atoms with Gasteiger partial charge in [-0.05, 0) is 68.6 Å². The number of nitrogens with two attached hydrogens (primary N) is 1. The van der Waals surface area contributed by atoms with E-state index in [1.165, 1.54) is 35.8 Å². The van der Waals surface area contributed by atoms with E-state index >= 15 is 0 Å². The molecule has 0 unspecified atom stereocenters. The van der Waals surface area contributed by atoms with Crippen molar-refractivity contribution >= 4 is 23.2 Å². The summed E-state index contributed by atoms with van der Waals surface area (Å²) >= 11 is 0. The van der Waals surface area contributed by atoms with E-state index in [-0.39, 0.29) is 5.82 Å². The third-order valence-electron chi connectivity index (χ3n) is 3.98. The number of rotatable bonds is 8. The standard InChI is InChI=1S/C20H26FN3.C2H4O.CH4O/c1-15-6-3-4-7-18(15)16(2)10-13-23-11-5-12-24-20-14-17(21)8-9-19(20)22;1-2-3;1-2/h3-4,6-10,14,23-24H,5,11-13,22H2,1-2H3;2H,1H3;2H,1H3/b16-10+;;. The van der Waals surface area contributed by atoms with E-state index in [0.29, 0.717) is 11.4 Å². The normalized spacial score (nSPS) is 10.2. The molecule has 29 heavy (non-hydrogen) atoms. The van der Waals surface area contributed by atoms with Crippen LogP contribution in [0.25, 0.3) is 5.57 Å². The van der Waals surface area contributed by atoms with Crippen LogP contribution < -0.4 is 16.4 Å². The second kappa shape index (κ2) is 16.3. The molecule has 0 aliphatic carbocycles. The number of carbonyl (C=O) groups excluding carboxylic acids is 1. The zero-order valence-electron chi connectivity index (χ0n) is 17.8. The van der Waals surface area contributed by atoms with Crippen molar-refractivity contribution in [3.8, 4) is 0 Å². The lowest BCUT2D eigenvalue weighted by Gasteiger charge is -2.10. The summed E-state index contributed by atoms with van der Waals surface area (Å²) < 4.78 is 13.2. The largest absolute Gasteiger partial charge is 0.400 e. The van der Waals surface area contributed by atoms with Gasteiger partial charge in [-0.25, -0.2) is 4.39 Å². The van der Waals surface area contributed by atoms with Crippen LogP contribution in [-0.4, -0.2) is 38.1 Å². The number of aliphatic hydroxyl groups excluding tert-OH is 1. The lowest BCUT2D eigenvalue weighted by Crippen LogP contribution is -2.18. The Kier molecular flexibility index (Phi) is 14.8. The maximum absolute atomic E-state index is 13.2. The first-order chi connectivity index (χ1) is 14.0. The highest BCUT2D eigenvalue weighted by molar-refractivity contribution is 5.66. The van der Waals surface area contributed by atoms with Gasteiger partial charge in [0, 0.05) is 20.2 Å². The second-order valence-corrected chi connectivity index (χ2v) is 6.15. The Morgan fingerprint density at radius 2 is 1.83 bits per heavy atom. The molecule has 0 heterocycles. The third kappa shape index (κ3) is 11.0. The van der Waals surface area contributed by atoms with Gasteiger partial charge in [-0.15, -0.1) is 0 Å². The molecule has 0 amide bonds. The van der Waals surface area contributed by atoms with Gasteiger partial charge in [0.1, 0.15) is 12.1 Å². The van der Waals surface area contributed by atoms with Crippen molar-refractivity contribution in [2.45, 2.75) is 27.2 Å². The topological polar surface area (TPSA) is 87.4 Å². The maximum Gasteiger partial charge on any atom is 0.125 e. The average Bonchev–Trinajstić information content (AvgIpc) is 2.72. The van der Waals surface area contributed by atoms with Gasteiger partial charge >= 0.3 is 0 Å². The number of anilines is 2. The van der Waals surface area contributed by atoms with Gasteiger partial charge in [0.25, 0.3) is 0 Å². The van der Waals surface area contributed by atoms with Gasteiger partial charge in [-0.1, -0.05) is 30.3 Å². The first-order valence-corrected chi connectivity index (χ1v) is 9.56. The molecule has 0 aliphatic heterocycles. The van der Waals surface area contributed by atoms with Crippen molar-refractivity contribution in [1.82, 2.24) is 5.32 Å². The van der Waals surface area contributed by atoms with Crippen LogP contribution in [0.4, 0.5) is 15.8 Å². The van der Waals surface area contributed by atoms with Crippen LogP contribution >= 0.6 is 0 Å². The molecule has 6 heteroatoms. The quantitative estimate of drug-likeness (QED) is 0.304. The predicted molar refractivity (Wildman–Crippen MR) is 121 cm³/mol. The molecule has 0 spiro atoms. The number of aliphatic hydroxyl groups is 1. The number of aldehydes is 1. The van der Waals surface area contributed by atoms with Crippen molar-refractivity contribution in [3.05, 3.63) is 65.5 Å². The van der Waals surface area contributed by atoms with Crippen molar-refractivity contribution in [2.75, 3.05) is 37.8 Å². The number of carbonyl (C=O) groups is 1. The van der Waals surface area contributed by atoms with Gasteiger partial charge in [-0.3, -0.25) is 0 Å². The molecule has 2 aromatic carbocycles. The van der Waals surface area contributed by atoms with E-state index in [9.17, 15) is 4.39 Å². The first-order valence-electron chi connectivity index (χ1n) is 9.56. The van der Waals surface area contributed by atoms with E-state index in [1.54, 1.807) is 6.07 Å². The first kappa shape index (κ1) is 26.3. The molecular formula is C23H34FN3O2. The van der Waals surface area contributed by atoms with E-state index in [0.717, 1.165) is 39.5 Å². The van der Waals surface area contributed by atoms with Gasteiger partial charge in [-0.2, -0.15) is 0 Å². The fourth-order valence-corrected chi connectivity index (χ4v) is 2.57. The molecular weight excluding hydrogens is 369 g/mol. The SMILES string of the molecule is C/C(=C\CNCCCNc1cc(F)ccc1N)c1ccccc1C.CC=O.CO. The highest BCUT2D eigenvalue weighted by atomic mass is 19.1. The Morgan fingerprint density at radius 3 is 2.48 bits per heavy atom. The van der Waals surface area contributed by atoms with E-state index < -0.39 is 0 Å². The molecule has 160 valence electrons. The van der Waals surface area contributed by atoms with Gasteiger partial charge < -0.3 is 26.3 Å². The van der Waals surface area contributed by atoms with Gasteiger partial charge in [0.15, 0.2) is 0 Å². The smallest absolute Gasteiger partial charge is 0.125 e. The van der Waals surface area contributed by atoms with E-state index in [4.69, 9.17) is 15.6 Å². The second-order valence-electron chi connectivity index (χ2n) is 6.15. The minimum Gasteiger partial charge on any atom is -0.400 e. The van der Waals surface area contributed by atoms with Crippen LogP contribution in [0.3, 0.4) is 0 Å². The molecule has 0 aromatic heterocycles. The minimum atomic E-state index is -0.276. The van der Waals surface area contributed by atoms with Gasteiger partial charge in [0.2, 0.25) is 0 Å². The summed E-state index contributed by atoms with van der Waals surface area (Å²) in [5, 5.41) is 13.6. The summed E-state index contributed by atoms with van der Waals surface area (Å²) in [4.78, 5) is 8.81. The summed E-state index contributed by atoms with van der Waals surface area (Å²) in [6.07, 6.45) is 3.90. The Balaban J connectivity index is 0.00000143. The number of halogens is 1. The number of benzene rings is 2. The summed E-state index contributed by atoms with van der Waals surface area (Å²) in [6, 6.07) is 12.8. The summed E-state index contributed by atoms with van der Waals surface area (Å²) in [5.41, 5.74) is 10.9. The van der Waals surface area contributed by atoms with Crippen molar-refractivity contribution in [2.24, 2.45) is 0 Å². The maximum atomic E-state index is 13.2. The fraction of sp³-hybridized carbons (Fsp3) is 0.348. The molecule has 2 rings (SSSR count). The molecule has 5 N–H and O–H groups in total. The predicted octanol–water partition coefficient (Wildman–Crippen LogP) is 4.03. The average molecular weight is 404 g/mol. The molecule has 0 saturated carbocycles. The monoisotopic (exact) mass is 403 g/mol. The molecule has 0 fully saturated rings. The number of hydrogen-bond acceptors (Lipinski definition) is 5. The Hall–Kier alpha value is -2.70. The lowest BCUT2D eigenvalue weighted by molar-refractivity contribution is -0.106. The molecule has 0 bridgehead atoms. The van der Waals surface area contributed by atoms with Gasteiger partial charge in [0.05, 0.1) is 11.4 Å². The lowest BCUT2D eigenvalue weighted by atomic mass is 10.0. The number of aryl methyl sites for hydroxylation is 1. The number of hydrogen-bond donors (Lipinski definition) is 4. The van der Waals surface area contributed by atoms with Crippen molar-refractivity contribution in [3.63, 3.8) is 0 Å². The van der Waals surface area contributed by atoms with Crippen LogP contribution in [-0.2, 0) is 4.79 Å². The molecule has 0 radical (unpaired) electrons. The van der Waals surface area contributed by atoms with E-state index in [2.05, 4.69) is 54.8 Å². The number of nitrogen functional groups attached to an aromatic ring is 1. The number of nitrogens with one attached hydrogen (secondary N) is 2. The van der Waals surface area contributed by atoms with Crippen LogP contribution in [0, 0.1) is 12.7 Å². The third-order valence-corrected chi connectivity index (χ3v) is 3.98. The minimum absolute atomic E-state index is 0.276. The Labute approximate surface area is 173 Å². The molecule has 0 atom stereocenters. The summed E-state index contributed by atoms with van der Waals surface area (Å²) in [5.74, 6) is -0.276. The molecule has 0 aliphatic rings. The zero-order chi connectivity index (χ0) is 22.1. The van der Waals surface area contributed by atoms with Crippen LogP contribution in [0.15, 0.2) is 48.5 Å². The molecule has 2 aromatic rings. The Morgan fingerprint density at radius 1 is 1.17 bits per heavy atom. The number of allylic oxidation sites excluding steroid dienone is 1. The summed E-state index contributed by atoms with van der Waals surface area (Å²) in [7, 11) is 1.00. The Bertz CT molecular complexity index is 749. The highest BCUT2D eigenvalue weighted by Crippen LogP contribution is 2.19. The van der Waals surface area contributed by atoms with E-state index in [1.807, 2.05) is 0 Å². The van der Waals surface area contributed by atoms with Crippen molar-refractivity contribution < 1.29 is 14.3 Å². The molecule has 0 saturated heterocycles. The fourth-order valence-electron chi connectivity index (χ4n) is 2.57. The van der Waals surface area contributed by atoms with Crippen molar-refractivity contribution in [1.29, 1.82) is 0 Å². The van der Waals surface area contributed by atoms with Crippen LogP contribution in [0.2, 0.25) is 0 Å². The highest BCUT2D eigenvalue weighted by Gasteiger charge is 2.00. The van der Waals surface area contributed by atoms with Crippen LogP contribution in [0.1, 0.15) is 31.4 Å². The zero-order valence-corrected chi connectivity index (χ0v) is 17.8. The van der Waals surface area contributed by atoms with Crippen LogP contribution in [0.5, 0.6) is 0 Å². The summed E-state index contributed by atoms with van der Waals surface area (Å²) in [6.45, 7) is 8.19.